The lowest BCUT2D eigenvalue weighted by Gasteiger charge is -2.28. The number of ether oxygens (including phenoxy) is 4. The number of nitrogens with one attached hydrogen (secondary N) is 3. The number of rotatable bonds is 15. The number of anilines is 5. The average molecular weight is 935 g/mol. The Morgan fingerprint density at radius 2 is 1.16 bits per heavy atom. The van der Waals surface area contributed by atoms with Crippen LogP contribution >= 0.6 is 35.7 Å². The Morgan fingerprint density at radius 1 is 0.698 bits per heavy atom. The molecule has 0 aliphatic carbocycles. The molecule has 4 aromatic heterocycles. The van der Waals surface area contributed by atoms with Crippen LogP contribution in [0.15, 0.2) is 58.6 Å². The molecule has 342 valence electrons. The maximum absolute atomic E-state index is 7.62. The van der Waals surface area contributed by atoms with E-state index >= 15 is 0 Å². The van der Waals surface area contributed by atoms with E-state index in [9.17, 15) is 0 Å². The zero-order chi connectivity index (χ0) is 44.8. The van der Waals surface area contributed by atoms with Crippen molar-refractivity contribution in [1.29, 1.82) is 0 Å². The summed E-state index contributed by atoms with van der Waals surface area (Å²) in [6.45, 7) is 11.3. The number of hydrogen-bond donors (Lipinski definition) is 6. The van der Waals surface area contributed by atoms with Crippen LogP contribution in [0.5, 0.6) is 11.8 Å². The number of fused-ring (bicyclic) bond motifs is 2. The van der Waals surface area contributed by atoms with Gasteiger partial charge in [0.2, 0.25) is 23.0 Å². The number of benzene rings is 2. The van der Waals surface area contributed by atoms with Gasteiger partial charge in [-0.3, -0.25) is 10.2 Å². The van der Waals surface area contributed by atoms with Crippen molar-refractivity contribution in [3.63, 3.8) is 0 Å². The Kier molecular flexibility index (Phi) is 20.7. The molecule has 2 fully saturated rings. The van der Waals surface area contributed by atoms with Crippen molar-refractivity contribution in [2.45, 2.75) is 23.9 Å². The van der Waals surface area contributed by atoms with E-state index in [1.54, 1.807) is 0 Å². The number of morpholine rings is 2. The van der Waals surface area contributed by atoms with Gasteiger partial charge in [-0.15, -0.1) is 0 Å². The molecule has 6 aromatic rings. The second-order valence-corrected chi connectivity index (χ2v) is 14.3. The number of nitrogens with two attached hydrogens (primary N) is 1. The summed E-state index contributed by atoms with van der Waals surface area (Å²) in [4.78, 5) is 30.7. The summed E-state index contributed by atoms with van der Waals surface area (Å²) in [6, 6.07) is 16.1. The predicted molar refractivity (Wildman–Crippen MR) is 239 cm³/mol. The lowest BCUT2D eigenvalue weighted by atomic mass is 10.2. The summed E-state index contributed by atoms with van der Waals surface area (Å²) in [5.41, 5.74) is 10.7. The van der Waals surface area contributed by atoms with Gasteiger partial charge in [0.1, 0.15) is 10.8 Å². The van der Waals surface area contributed by atoms with Crippen molar-refractivity contribution in [2.75, 3.05) is 114 Å². The van der Waals surface area contributed by atoms with E-state index in [2.05, 4.69) is 89.5 Å². The molecule has 2 aromatic carbocycles. The fourth-order valence-electron chi connectivity index (χ4n) is 5.73. The van der Waals surface area contributed by atoms with E-state index in [1.807, 2.05) is 38.1 Å². The van der Waals surface area contributed by atoms with Crippen LogP contribution in [-0.4, -0.2) is 144 Å². The molecule has 0 bridgehead atoms. The largest absolute Gasteiger partial charge is 0.477 e. The van der Waals surface area contributed by atoms with Crippen LogP contribution in [0.3, 0.4) is 0 Å². The highest BCUT2D eigenvalue weighted by Gasteiger charge is 2.19. The summed E-state index contributed by atoms with van der Waals surface area (Å²) >= 11 is 7.66. The smallest absolute Gasteiger partial charge is 0.232 e. The SMILES string of the molecule is CCOc1nc(Cl)nc2[nH]nc(SOOC)c12.CCOc1nc(Nc2ccc(N3CCOCC3)cc2)nc2[nH]nc(SOOC)c12.Nc1ccc(N2CCOCC2)cc1.OCCO. The number of nitrogens with zero attached hydrogens (tertiary/aromatic N) is 8. The summed E-state index contributed by atoms with van der Waals surface area (Å²) < 4.78 is 31.4. The van der Waals surface area contributed by atoms with E-state index in [1.165, 1.54) is 25.6 Å². The number of aromatic nitrogens is 8. The van der Waals surface area contributed by atoms with Gasteiger partial charge in [-0.1, -0.05) is 0 Å². The minimum Gasteiger partial charge on any atom is -0.477 e. The zero-order valence-corrected chi connectivity index (χ0v) is 37.5. The van der Waals surface area contributed by atoms with Crippen molar-refractivity contribution in [3.05, 3.63) is 53.8 Å². The molecule has 2 saturated heterocycles. The molecule has 0 amide bonds. The zero-order valence-electron chi connectivity index (χ0n) is 35.1. The van der Waals surface area contributed by atoms with Gasteiger partial charge in [0.15, 0.2) is 21.3 Å². The van der Waals surface area contributed by atoms with Gasteiger partial charge >= 0.3 is 0 Å². The summed E-state index contributed by atoms with van der Waals surface area (Å²) in [5, 5.41) is 34.7. The third-order valence-corrected chi connectivity index (χ3v) is 9.96. The fraction of sp³-hybridized carbons (Fsp3) is 0.421. The summed E-state index contributed by atoms with van der Waals surface area (Å²) in [6.07, 6.45) is 0. The van der Waals surface area contributed by atoms with E-state index in [-0.39, 0.29) is 18.5 Å². The quantitative estimate of drug-likeness (QED) is 0.0260. The third-order valence-electron chi connectivity index (χ3n) is 8.47. The van der Waals surface area contributed by atoms with Crippen LogP contribution in [-0.2, 0) is 27.9 Å². The molecular weight excluding hydrogens is 884 g/mol. The second-order valence-electron chi connectivity index (χ2n) is 12.6. The molecule has 0 radical (unpaired) electrons. The molecule has 63 heavy (non-hydrogen) atoms. The molecule has 7 N–H and O–H groups in total. The van der Waals surface area contributed by atoms with Gasteiger partial charge in [0.25, 0.3) is 0 Å². The molecule has 0 saturated carbocycles. The van der Waals surface area contributed by atoms with Gasteiger partial charge in [0.05, 0.1) is 91.2 Å². The van der Waals surface area contributed by atoms with Gasteiger partial charge in [0, 0.05) is 48.9 Å². The topological polar surface area (TPSA) is 268 Å². The molecule has 0 unspecified atom stereocenters. The van der Waals surface area contributed by atoms with Gasteiger partial charge in [-0.2, -0.15) is 38.8 Å². The molecule has 22 nitrogen and oxygen atoms in total. The summed E-state index contributed by atoms with van der Waals surface area (Å²) in [5.74, 6) is 1.19. The van der Waals surface area contributed by atoms with Crippen molar-refractivity contribution in [3.8, 4) is 11.8 Å². The molecule has 8 rings (SSSR count). The van der Waals surface area contributed by atoms with E-state index in [4.69, 9.17) is 55.2 Å². The number of aliphatic hydroxyl groups excluding tert-OH is 2. The van der Waals surface area contributed by atoms with Crippen LogP contribution in [0.2, 0.25) is 5.28 Å². The molecule has 0 atom stereocenters. The summed E-state index contributed by atoms with van der Waals surface area (Å²) in [7, 11) is 2.83. The maximum atomic E-state index is 7.62. The predicted octanol–water partition coefficient (Wildman–Crippen LogP) is 4.98. The van der Waals surface area contributed by atoms with Gasteiger partial charge in [-0.05, 0) is 74.0 Å². The highest BCUT2D eigenvalue weighted by molar-refractivity contribution is 7.95. The van der Waals surface area contributed by atoms with E-state index < -0.39 is 0 Å². The number of aliphatic hydroxyl groups is 2. The van der Waals surface area contributed by atoms with Crippen LogP contribution in [0.25, 0.3) is 22.1 Å². The van der Waals surface area contributed by atoms with Crippen LogP contribution in [0.4, 0.5) is 28.7 Å². The van der Waals surface area contributed by atoms with Crippen molar-refractivity contribution in [2.24, 2.45) is 0 Å². The normalized spacial score (nSPS) is 13.6. The van der Waals surface area contributed by atoms with Crippen molar-refractivity contribution in [1.82, 2.24) is 40.3 Å². The second kappa shape index (κ2) is 26.6. The third kappa shape index (κ3) is 14.8. The molecule has 6 heterocycles. The van der Waals surface area contributed by atoms with Crippen LogP contribution in [0.1, 0.15) is 13.8 Å². The van der Waals surface area contributed by atoms with Crippen molar-refractivity contribution < 1.29 is 47.6 Å². The monoisotopic (exact) mass is 934 g/mol. The number of nitrogen functional groups attached to an aromatic ring is 1. The van der Waals surface area contributed by atoms with Gasteiger partial charge in [-0.25, -0.2) is 9.78 Å². The van der Waals surface area contributed by atoms with Crippen LogP contribution < -0.4 is 30.3 Å². The first-order valence-corrected chi connectivity index (χ1v) is 21.5. The van der Waals surface area contributed by atoms with Gasteiger partial charge < -0.3 is 50.0 Å². The first kappa shape index (κ1) is 49.0. The maximum Gasteiger partial charge on any atom is 0.232 e. The Morgan fingerprint density at radius 3 is 1.62 bits per heavy atom. The first-order valence-electron chi connectivity index (χ1n) is 19.6. The number of aromatic amines is 2. The molecule has 2 aliphatic heterocycles. The minimum atomic E-state index is -0.125. The fourth-order valence-corrected chi connectivity index (χ4v) is 6.85. The molecule has 25 heteroatoms. The lowest BCUT2D eigenvalue weighted by Crippen LogP contribution is -2.36. The van der Waals surface area contributed by atoms with Crippen LogP contribution in [0, 0.1) is 0 Å². The minimum absolute atomic E-state index is 0.0915. The van der Waals surface area contributed by atoms with E-state index in [0.717, 1.165) is 88.1 Å². The number of H-pyrrole nitrogens is 2. The molecule has 2 aliphatic rings. The van der Waals surface area contributed by atoms with E-state index in [0.29, 0.717) is 63.0 Å². The molecular formula is C38H51ClN12O10S2. The lowest BCUT2D eigenvalue weighted by molar-refractivity contribution is -0.160. The number of hydrogen-bond acceptors (Lipinski definition) is 22. The standard InChI is InChI=1S/C18H22N6O4S.C10H14N2O.C8H9ClN4O3S.C2H6O2/c1-3-27-16-14-15(22-23-17(14)29-28-25-2)20-18(21-16)19-12-4-6-13(7-5-12)24-8-10-26-11-9-24;11-9-1-3-10(4-2-9)12-5-7-13-8-6-12;1-3-15-6-4-5(10-8(9)11-6)12-13-7(4)17-16-14-2;3-1-2-4/h4-7H,3,8-11H2,1-2H3,(H2,19,20,21,22,23);1-4H,5-8,11H2;3H2,1-2H3,(H,10,11,12,13);3-4H,1-2H2. The Labute approximate surface area is 376 Å². The Bertz CT molecular complexity index is 2230. The highest BCUT2D eigenvalue weighted by Crippen LogP contribution is 2.34. The Balaban J connectivity index is 0.000000186. The number of halogens is 1. The first-order chi connectivity index (χ1) is 30.8. The highest BCUT2D eigenvalue weighted by atomic mass is 35.5. The average Bonchev–Trinajstić information content (AvgIpc) is 3.93. The Hall–Kier alpha value is -4.99. The van der Waals surface area contributed by atoms with Crippen molar-refractivity contribution >= 4 is 86.5 Å². The molecule has 0 spiro atoms.